The lowest BCUT2D eigenvalue weighted by atomic mass is 9.96. The highest BCUT2D eigenvalue weighted by atomic mass is 32.2. The lowest BCUT2D eigenvalue weighted by Gasteiger charge is -2.23. The molecule has 92 valence electrons. The molecule has 0 heterocycles. The fourth-order valence-electron chi connectivity index (χ4n) is 2.32. The molecule has 0 aromatic carbocycles. The van der Waals surface area contributed by atoms with Crippen molar-refractivity contribution in [1.82, 2.24) is 10.6 Å². The highest BCUT2D eigenvalue weighted by Gasteiger charge is 2.41. The Morgan fingerprint density at radius 3 is 2.56 bits per heavy atom. The van der Waals surface area contributed by atoms with Crippen LogP contribution in [0.2, 0.25) is 0 Å². The van der Waals surface area contributed by atoms with Crippen molar-refractivity contribution < 1.29 is 4.79 Å². The summed E-state index contributed by atoms with van der Waals surface area (Å²) in [5.74, 6) is 0. The Bertz CT molecular complexity index is 247. The lowest BCUT2D eigenvalue weighted by molar-refractivity contribution is 0.232. The first-order valence-electron chi connectivity index (χ1n) is 6.34. The number of carbonyl (C=O) groups excluding carboxylic acids is 1. The van der Waals surface area contributed by atoms with Gasteiger partial charge in [-0.15, -0.1) is 0 Å². The van der Waals surface area contributed by atoms with Gasteiger partial charge in [0.15, 0.2) is 0 Å². The monoisotopic (exact) mass is 242 g/mol. The smallest absolute Gasteiger partial charge is 0.315 e. The van der Waals surface area contributed by atoms with E-state index in [0.29, 0.717) is 10.8 Å². The first-order valence-corrected chi connectivity index (χ1v) is 7.56. The number of rotatable bonds is 4. The molecule has 2 aliphatic rings. The lowest BCUT2D eigenvalue weighted by Crippen LogP contribution is -2.45. The minimum Gasteiger partial charge on any atom is -0.337 e. The van der Waals surface area contributed by atoms with Gasteiger partial charge in [0, 0.05) is 17.3 Å². The normalized spacial score (nSPS) is 23.8. The van der Waals surface area contributed by atoms with Crippen LogP contribution in [-0.2, 0) is 0 Å². The topological polar surface area (TPSA) is 41.1 Å². The standard InChI is InChI=1S/C12H22N2OS/c1-16-12(7-8-12)9-13-11(15)14-10-5-3-2-4-6-10/h10H,2-9H2,1H3,(H2,13,14,15). The Hall–Kier alpha value is -0.380. The predicted molar refractivity (Wildman–Crippen MR) is 68.9 cm³/mol. The van der Waals surface area contributed by atoms with Crippen LogP contribution in [0, 0.1) is 0 Å². The number of thioether (sulfide) groups is 1. The third-order valence-corrected chi connectivity index (χ3v) is 5.17. The number of hydrogen-bond acceptors (Lipinski definition) is 2. The molecule has 2 rings (SSSR count). The maximum Gasteiger partial charge on any atom is 0.315 e. The summed E-state index contributed by atoms with van der Waals surface area (Å²) in [4.78, 5) is 11.7. The first-order chi connectivity index (χ1) is 7.74. The minimum absolute atomic E-state index is 0.0345. The van der Waals surface area contributed by atoms with E-state index < -0.39 is 0 Å². The summed E-state index contributed by atoms with van der Waals surface area (Å²) in [6.07, 6.45) is 10.8. The van der Waals surface area contributed by atoms with Crippen molar-refractivity contribution in [3.05, 3.63) is 0 Å². The Morgan fingerprint density at radius 2 is 2.00 bits per heavy atom. The molecule has 2 saturated carbocycles. The molecule has 3 nitrogen and oxygen atoms in total. The van der Waals surface area contributed by atoms with E-state index in [0.717, 1.165) is 19.4 Å². The quantitative estimate of drug-likeness (QED) is 0.795. The van der Waals surface area contributed by atoms with Gasteiger partial charge in [-0.05, 0) is 31.9 Å². The van der Waals surface area contributed by atoms with Crippen LogP contribution >= 0.6 is 11.8 Å². The third-order valence-electron chi connectivity index (χ3n) is 3.75. The number of amides is 2. The average Bonchev–Trinajstić information content (AvgIpc) is 3.09. The van der Waals surface area contributed by atoms with E-state index in [2.05, 4.69) is 16.9 Å². The van der Waals surface area contributed by atoms with Crippen LogP contribution in [-0.4, -0.2) is 29.6 Å². The van der Waals surface area contributed by atoms with Crippen molar-refractivity contribution in [2.45, 2.75) is 55.7 Å². The summed E-state index contributed by atoms with van der Waals surface area (Å²) in [5.41, 5.74) is 0. The fourth-order valence-corrected chi connectivity index (χ4v) is 3.04. The van der Waals surface area contributed by atoms with Gasteiger partial charge in [0.25, 0.3) is 0 Å². The summed E-state index contributed by atoms with van der Waals surface area (Å²) in [7, 11) is 0. The van der Waals surface area contributed by atoms with Gasteiger partial charge in [-0.1, -0.05) is 19.3 Å². The SMILES string of the molecule is CSC1(CNC(=O)NC2CCCCC2)CC1. The number of nitrogens with one attached hydrogen (secondary N) is 2. The number of hydrogen-bond donors (Lipinski definition) is 2. The second-order valence-corrected chi connectivity index (χ2v) is 6.32. The molecule has 16 heavy (non-hydrogen) atoms. The molecule has 2 amide bonds. The van der Waals surface area contributed by atoms with Crippen molar-refractivity contribution >= 4 is 17.8 Å². The zero-order valence-electron chi connectivity index (χ0n) is 10.1. The summed E-state index contributed by atoms with van der Waals surface area (Å²) >= 11 is 1.88. The molecule has 0 unspecified atom stereocenters. The molecule has 0 saturated heterocycles. The van der Waals surface area contributed by atoms with Crippen LogP contribution in [0.4, 0.5) is 4.79 Å². The van der Waals surface area contributed by atoms with Crippen molar-refractivity contribution in [2.24, 2.45) is 0 Å². The zero-order valence-corrected chi connectivity index (χ0v) is 10.9. The van der Waals surface area contributed by atoms with Gasteiger partial charge in [0.1, 0.15) is 0 Å². The van der Waals surface area contributed by atoms with E-state index >= 15 is 0 Å². The Labute approximate surface area is 102 Å². The summed E-state index contributed by atoms with van der Waals surface area (Å²) in [6.45, 7) is 0.826. The molecule has 4 heteroatoms. The van der Waals surface area contributed by atoms with Gasteiger partial charge >= 0.3 is 6.03 Å². The van der Waals surface area contributed by atoms with Crippen molar-refractivity contribution in [3.63, 3.8) is 0 Å². The largest absolute Gasteiger partial charge is 0.337 e. The molecule has 2 N–H and O–H groups in total. The second-order valence-electron chi connectivity index (χ2n) is 5.05. The minimum atomic E-state index is 0.0345. The molecule has 0 aromatic heterocycles. The van der Waals surface area contributed by atoms with Crippen LogP contribution in [0.1, 0.15) is 44.9 Å². The van der Waals surface area contributed by atoms with Crippen molar-refractivity contribution in [3.8, 4) is 0 Å². The second kappa shape index (κ2) is 5.30. The van der Waals surface area contributed by atoms with Gasteiger partial charge < -0.3 is 10.6 Å². The Balaban J connectivity index is 1.64. The van der Waals surface area contributed by atoms with E-state index in [4.69, 9.17) is 0 Å². The van der Waals surface area contributed by atoms with Crippen LogP contribution in [0.5, 0.6) is 0 Å². The van der Waals surface area contributed by atoms with E-state index in [-0.39, 0.29) is 6.03 Å². The number of urea groups is 1. The molecule has 0 aromatic rings. The average molecular weight is 242 g/mol. The molecular weight excluding hydrogens is 220 g/mol. The molecule has 2 aliphatic carbocycles. The van der Waals surface area contributed by atoms with E-state index in [9.17, 15) is 4.79 Å². The predicted octanol–water partition coefficient (Wildman–Crippen LogP) is 2.51. The molecular formula is C12H22N2OS. The van der Waals surface area contributed by atoms with Gasteiger partial charge in [-0.25, -0.2) is 4.79 Å². The van der Waals surface area contributed by atoms with Crippen LogP contribution in [0.15, 0.2) is 0 Å². The van der Waals surface area contributed by atoms with E-state index in [1.165, 1.54) is 32.1 Å². The first kappa shape index (κ1) is 12.1. The molecule has 0 bridgehead atoms. The van der Waals surface area contributed by atoms with Gasteiger partial charge in [-0.2, -0.15) is 11.8 Å². The van der Waals surface area contributed by atoms with Crippen molar-refractivity contribution in [1.29, 1.82) is 0 Å². The summed E-state index contributed by atoms with van der Waals surface area (Å²) in [5, 5.41) is 6.10. The maximum atomic E-state index is 11.7. The van der Waals surface area contributed by atoms with Crippen molar-refractivity contribution in [2.75, 3.05) is 12.8 Å². The van der Waals surface area contributed by atoms with Crippen LogP contribution in [0.3, 0.4) is 0 Å². The molecule has 0 radical (unpaired) electrons. The van der Waals surface area contributed by atoms with Crippen LogP contribution < -0.4 is 10.6 Å². The van der Waals surface area contributed by atoms with Gasteiger partial charge in [-0.3, -0.25) is 0 Å². The Kier molecular flexibility index (Phi) is 4.00. The molecule has 2 fully saturated rings. The van der Waals surface area contributed by atoms with E-state index in [1.54, 1.807) is 0 Å². The highest BCUT2D eigenvalue weighted by Crippen LogP contribution is 2.46. The van der Waals surface area contributed by atoms with Gasteiger partial charge in [0.05, 0.1) is 0 Å². The number of carbonyl (C=O) groups is 1. The maximum absolute atomic E-state index is 11.7. The fraction of sp³-hybridized carbons (Fsp3) is 0.917. The van der Waals surface area contributed by atoms with E-state index in [1.807, 2.05) is 11.8 Å². The summed E-state index contributed by atoms with van der Waals surface area (Å²) < 4.78 is 0.365. The molecule has 0 spiro atoms. The van der Waals surface area contributed by atoms with Gasteiger partial charge in [0.2, 0.25) is 0 Å². The summed E-state index contributed by atoms with van der Waals surface area (Å²) in [6, 6.07) is 0.449. The highest BCUT2D eigenvalue weighted by molar-refractivity contribution is 8.00. The Morgan fingerprint density at radius 1 is 1.31 bits per heavy atom. The zero-order chi connectivity index (χ0) is 11.4. The third kappa shape index (κ3) is 3.30. The molecule has 0 aliphatic heterocycles. The van der Waals surface area contributed by atoms with Crippen LogP contribution in [0.25, 0.3) is 0 Å². The molecule has 0 atom stereocenters.